The van der Waals surface area contributed by atoms with E-state index in [9.17, 15) is 14.7 Å². The van der Waals surface area contributed by atoms with E-state index in [1.165, 1.54) is 11.9 Å². The third-order valence-electron chi connectivity index (χ3n) is 3.78. The van der Waals surface area contributed by atoms with E-state index in [-0.39, 0.29) is 5.92 Å². The summed E-state index contributed by atoms with van der Waals surface area (Å²) in [7, 11) is 1.52. The maximum absolute atomic E-state index is 12.1. The predicted molar refractivity (Wildman–Crippen MR) is 76.5 cm³/mol. The molecule has 0 aromatic rings. The molecule has 0 heterocycles. The van der Waals surface area contributed by atoms with Crippen molar-refractivity contribution in [2.45, 2.75) is 65.0 Å². The number of aliphatic carboxylic acids is 1. The van der Waals surface area contributed by atoms with Gasteiger partial charge in [-0.25, -0.2) is 9.59 Å². The van der Waals surface area contributed by atoms with Gasteiger partial charge >= 0.3 is 12.1 Å². The molecule has 116 valence electrons. The van der Waals surface area contributed by atoms with Crippen molar-refractivity contribution in [3.05, 3.63) is 0 Å². The second-order valence-electron chi connectivity index (χ2n) is 6.91. The zero-order chi connectivity index (χ0) is 15.5. The molecule has 0 radical (unpaired) electrons. The lowest BCUT2D eigenvalue weighted by Gasteiger charge is -2.36. The first-order chi connectivity index (χ1) is 9.11. The molecular weight excluding hydrogens is 258 g/mol. The Hall–Kier alpha value is -1.26. The van der Waals surface area contributed by atoms with Crippen molar-refractivity contribution in [2.24, 2.45) is 11.8 Å². The van der Waals surface area contributed by atoms with E-state index < -0.39 is 23.7 Å². The van der Waals surface area contributed by atoms with Gasteiger partial charge < -0.3 is 9.84 Å². The lowest BCUT2D eigenvalue weighted by atomic mass is 9.78. The molecule has 3 unspecified atom stereocenters. The molecule has 5 heteroatoms. The van der Waals surface area contributed by atoms with Crippen molar-refractivity contribution < 1.29 is 19.4 Å². The average molecular weight is 285 g/mol. The van der Waals surface area contributed by atoms with Crippen LogP contribution >= 0.6 is 0 Å². The number of amides is 1. The minimum atomic E-state index is -0.947. The third kappa shape index (κ3) is 4.69. The summed E-state index contributed by atoms with van der Waals surface area (Å²) in [5.41, 5.74) is -0.617. The normalized spacial score (nSPS) is 24.9. The fourth-order valence-corrected chi connectivity index (χ4v) is 2.90. The number of likely N-dealkylation sites (N-methyl/N-ethyl adjacent to an activating group) is 1. The summed E-state index contributed by atoms with van der Waals surface area (Å²) in [4.78, 5) is 24.9. The number of ether oxygens (including phenoxy) is 1. The lowest BCUT2D eigenvalue weighted by molar-refractivity contribution is -0.145. The zero-order valence-corrected chi connectivity index (χ0v) is 13.2. The molecule has 3 atom stereocenters. The first kappa shape index (κ1) is 16.8. The lowest BCUT2D eigenvalue weighted by Crippen LogP contribution is -2.49. The van der Waals surface area contributed by atoms with Crippen LogP contribution in [-0.2, 0) is 9.53 Å². The Morgan fingerprint density at radius 3 is 2.35 bits per heavy atom. The van der Waals surface area contributed by atoms with Crippen LogP contribution in [0, 0.1) is 11.8 Å². The van der Waals surface area contributed by atoms with Gasteiger partial charge in [-0.2, -0.15) is 0 Å². The number of carbonyl (C=O) groups is 2. The monoisotopic (exact) mass is 285 g/mol. The topological polar surface area (TPSA) is 66.8 Å². The Labute approximate surface area is 121 Å². The van der Waals surface area contributed by atoms with E-state index in [0.717, 1.165) is 25.7 Å². The molecule has 1 aliphatic carbocycles. The molecular formula is C15H27NO4. The second-order valence-corrected chi connectivity index (χ2v) is 6.91. The second kappa shape index (κ2) is 6.46. The quantitative estimate of drug-likeness (QED) is 0.865. The summed E-state index contributed by atoms with van der Waals surface area (Å²) < 4.78 is 5.27. The molecule has 1 aliphatic rings. The summed E-state index contributed by atoms with van der Waals surface area (Å²) in [6.07, 6.45) is 3.30. The first-order valence-electron chi connectivity index (χ1n) is 7.30. The van der Waals surface area contributed by atoms with Crippen LogP contribution in [0.3, 0.4) is 0 Å². The standard InChI is InChI=1S/C15H27NO4/c1-10-7-6-8-11(9-10)12(13(17)18)16(5)14(19)20-15(2,3)4/h10-12H,6-9H2,1-5H3,(H,17,18). The largest absolute Gasteiger partial charge is 0.480 e. The van der Waals surface area contributed by atoms with Crippen LogP contribution in [0.25, 0.3) is 0 Å². The van der Waals surface area contributed by atoms with Crippen LogP contribution in [0.15, 0.2) is 0 Å². The number of nitrogens with zero attached hydrogens (tertiary/aromatic N) is 1. The van der Waals surface area contributed by atoms with Gasteiger partial charge in [-0.05, 0) is 45.4 Å². The van der Waals surface area contributed by atoms with Gasteiger partial charge in [0.05, 0.1) is 0 Å². The smallest absolute Gasteiger partial charge is 0.410 e. The summed E-state index contributed by atoms with van der Waals surface area (Å²) in [5, 5.41) is 9.48. The van der Waals surface area contributed by atoms with Gasteiger partial charge in [0.2, 0.25) is 0 Å². The van der Waals surface area contributed by atoms with E-state index >= 15 is 0 Å². The van der Waals surface area contributed by atoms with Crippen LogP contribution in [0.4, 0.5) is 4.79 Å². The van der Waals surface area contributed by atoms with Gasteiger partial charge in [0.15, 0.2) is 0 Å². The molecule has 0 saturated heterocycles. The Morgan fingerprint density at radius 2 is 1.90 bits per heavy atom. The van der Waals surface area contributed by atoms with Gasteiger partial charge in [0.25, 0.3) is 0 Å². The van der Waals surface area contributed by atoms with E-state index in [2.05, 4.69) is 6.92 Å². The molecule has 1 amide bonds. The Kier molecular flexibility index (Phi) is 5.42. The highest BCUT2D eigenvalue weighted by Crippen LogP contribution is 2.33. The summed E-state index contributed by atoms with van der Waals surface area (Å²) in [5.74, 6) is -0.422. The number of hydrogen-bond acceptors (Lipinski definition) is 3. The molecule has 0 aromatic carbocycles. The van der Waals surface area contributed by atoms with Crippen LogP contribution in [0.1, 0.15) is 53.4 Å². The predicted octanol–water partition coefficient (Wildman–Crippen LogP) is 3.13. The molecule has 1 rings (SSSR count). The van der Waals surface area contributed by atoms with E-state index in [1.54, 1.807) is 20.8 Å². The van der Waals surface area contributed by atoms with E-state index in [1.807, 2.05) is 0 Å². The fourth-order valence-electron chi connectivity index (χ4n) is 2.90. The van der Waals surface area contributed by atoms with Crippen molar-refractivity contribution in [2.75, 3.05) is 7.05 Å². The molecule has 1 saturated carbocycles. The average Bonchev–Trinajstić information content (AvgIpc) is 2.26. The van der Waals surface area contributed by atoms with Gasteiger partial charge in [-0.15, -0.1) is 0 Å². The first-order valence-corrected chi connectivity index (χ1v) is 7.30. The minimum Gasteiger partial charge on any atom is -0.480 e. The van der Waals surface area contributed by atoms with Gasteiger partial charge in [-0.3, -0.25) is 4.90 Å². The molecule has 0 aliphatic heterocycles. The molecule has 20 heavy (non-hydrogen) atoms. The highest BCUT2D eigenvalue weighted by molar-refractivity contribution is 5.80. The molecule has 5 nitrogen and oxygen atoms in total. The van der Waals surface area contributed by atoms with Crippen molar-refractivity contribution in [1.82, 2.24) is 4.90 Å². The van der Waals surface area contributed by atoms with Crippen molar-refractivity contribution >= 4 is 12.1 Å². The highest BCUT2D eigenvalue weighted by atomic mass is 16.6. The summed E-state index contributed by atoms with van der Waals surface area (Å²) >= 11 is 0. The number of rotatable bonds is 3. The zero-order valence-electron chi connectivity index (χ0n) is 13.2. The fraction of sp³-hybridized carbons (Fsp3) is 0.867. The van der Waals surface area contributed by atoms with Crippen LogP contribution in [-0.4, -0.2) is 40.8 Å². The molecule has 1 N–H and O–H groups in total. The Bertz CT molecular complexity index is 361. The SMILES string of the molecule is CC1CCCC(C(C(=O)O)N(C)C(=O)OC(C)(C)C)C1. The summed E-state index contributed by atoms with van der Waals surface area (Å²) in [6.45, 7) is 7.46. The van der Waals surface area contributed by atoms with Crippen LogP contribution in [0.5, 0.6) is 0 Å². The molecule has 0 bridgehead atoms. The Morgan fingerprint density at radius 1 is 1.30 bits per heavy atom. The number of carboxylic acid groups (broad SMARTS) is 1. The summed E-state index contributed by atoms with van der Waals surface area (Å²) in [6, 6.07) is -0.799. The van der Waals surface area contributed by atoms with Crippen LogP contribution < -0.4 is 0 Å². The van der Waals surface area contributed by atoms with Crippen LogP contribution in [0.2, 0.25) is 0 Å². The van der Waals surface area contributed by atoms with Gasteiger partial charge in [0, 0.05) is 7.05 Å². The van der Waals surface area contributed by atoms with E-state index in [0.29, 0.717) is 5.92 Å². The van der Waals surface area contributed by atoms with Crippen molar-refractivity contribution in [3.63, 3.8) is 0 Å². The van der Waals surface area contributed by atoms with E-state index in [4.69, 9.17) is 4.74 Å². The number of hydrogen-bond donors (Lipinski definition) is 1. The molecule has 1 fully saturated rings. The van der Waals surface area contributed by atoms with Crippen molar-refractivity contribution in [3.8, 4) is 0 Å². The number of carboxylic acids is 1. The maximum Gasteiger partial charge on any atom is 0.410 e. The molecule has 0 spiro atoms. The highest BCUT2D eigenvalue weighted by Gasteiger charge is 2.38. The van der Waals surface area contributed by atoms with Gasteiger partial charge in [0.1, 0.15) is 11.6 Å². The van der Waals surface area contributed by atoms with Gasteiger partial charge in [-0.1, -0.05) is 19.8 Å². The molecule has 0 aromatic heterocycles. The number of carbonyl (C=O) groups excluding carboxylic acids is 1. The van der Waals surface area contributed by atoms with Crippen molar-refractivity contribution in [1.29, 1.82) is 0 Å². The maximum atomic E-state index is 12.1. The Balaban J connectivity index is 2.79. The third-order valence-corrected chi connectivity index (χ3v) is 3.78. The minimum absolute atomic E-state index is 0.00812.